The maximum absolute atomic E-state index is 6.16. The predicted molar refractivity (Wildman–Crippen MR) is 120 cm³/mol. The Hall–Kier alpha value is -3.12. The number of aromatic nitrogens is 4. The maximum Gasteiger partial charge on any atom is 0.125 e. The zero-order valence-corrected chi connectivity index (χ0v) is 17.2. The first-order valence-corrected chi connectivity index (χ1v) is 10.9. The van der Waals surface area contributed by atoms with Crippen molar-refractivity contribution in [2.75, 3.05) is 12.4 Å². The summed E-state index contributed by atoms with van der Waals surface area (Å²) in [5, 5.41) is 3.56. The molecule has 0 saturated carbocycles. The normalized spacial score (nSPS) is 18.4. The van der Waals surface area contributed by atoms with E-state index in [2.05, 4.69) is 51.7 Å². The Morgan fingerprint density at radius 1 is 1.03 bits per heavy atom. The zero-order valence-electron chi connectivity index (χ0n) is 17.2. The van der Waals surface area contributed by atoms with Crippen LogP contribution < -0.4 is 11.2 Å². The summed E-state index contributed by atoms with van der Waals surface area (Å²) in [7, 11) is 0. The van der Waals surface area contributed by atoms with Gasteiger partial charge in [0.25, 0.3) is 0 Å². The van der Waals surface area contributed by atoms with Gasteiger partial charge in [0.1, 0.15) is 11.6 Å². The second-order valence-electron chi connectivity index (χ2n) is 8.56. The molecule has 152 valence electrons. The molecule has 1 unspecified atom stereocenters. The van der Waals surface area contributed by atoms with Gasteiger partial charge in [0, 0.05) is 11.3 Å². The highest BCUT2D eigenvalue weighted by Crippen LogP contribution is 2.36. The van der Waals surface area contributed by atoms with Crippen LogP contribution in [0.25, 0.3) is 33.4 Å². The van der Waals surface area contributed by atoms with Crippen LogP contribution in [0.4, 0.5) is 0 Å². The van der Waals surface area contributed by atoms with Crippen molar-refractivity contribution in [3.8, 4) is 22.4 Å². The molecule has 2 aromatic heterocycles. The molecule has 2 aliphatic rings. The van der Waals surface area contributed by atoms with E-state index in [0.29, 0.717) is 6.04 Å². The van der Waals surface area contributed by atoms with Crippen LogP contribution in [0, 0.1) is 6.92 Å². The van der Waals surface area contributed by atoms with Crippen molar-refractivity contribution in [3.05, 3.63) is 59.3 Å². The number of H-pyrrole nitrogens is 1. The number of aryl methyl sites for hydroxylation is 3. The van der Waals surface area contributed by atoms with Crippen LogP contribution in [0.15, 0.2) is 36.4 Å². The Morgan fingerprint density at radius 3 is 2.77 bits per heavy atom. The number of fused-ring (bicyclic) bond motifs is 4. The molecular weight excluding hydrogens is 372 g/mol. The van der Waals surface area contributed by atoms with Gasteiger partial charge in [0.05, 0.1) is 22.8 Å². The number of hydrogen-bond donors (Lipinski definition) is 3. The number of nitrogens with two attached hydrogens (primary N) is 1. The van der Waals surface area contributed by atoms with Crippen LogP contribution in [0.3, 0.4) is 0 Å². The molecule has 3 heterocycles. The summed E-state index contributed by atoms with van der Waals surface area (Å²) in [5.41, 5.74) is 9.35. The van der Waals surface area contributed by atoms with E-state index < -0.39 is 0 Å². The fourth-order valence-corrected chi connectivity index (χ4v) is 4.98. The molecule has 30 heavy (non-hydrogen) atoms. The fourth-order valence-electron chi connectivity index (χ4n) is 4.98. The number of nitrogens with one attached hydrogen (secondary N) is 2. The minimum absolute atomic E-state index is 0.371. The van der Waals surface area contributed by atoms with E-state index in [-0.39, 0.29) is 0 Å². The van der Waals surface area contributed by atoms with E-state index in [1.165, 1.54) is 34.4 Å². The van der Waals surface area contributed by atoms with Crippen molar-refractivity contribution in [3.63, 3.8) is 0 Å². The Kier molecular flexibility index (Phi) is 3.96. The lowest BCUT2D eigenvalue weighted by molar-refractivity contribution is 0.610. The molecule has 6 heteroatoms. The number of benzene rings is 2. The smallest absolute Gasteiger partial charge is 0.125 e. The average molecular weight is 399 g/mol. The Labute approximate surface area is 175 Å². The third-order valence-corrected chi connectivity index (χ3v) is 6.62. The van der Waals surface area contributed by atoms with E-state index >= 15 is 0 Å². The first-order chi connectivity index (χ1) is 14.7. The third-order valence-electron chi connectivity index (χ3n) is 6.62. The fraction of sp³-hybridized carbons (Fsp3) is 0.333. The lowest BCUT2D eigenvalue weighted by Gasteiger charge is -2.10. The van der Waals surface area contributed by atoms with Crippen LogP contribution in [0.2, 0.25) is 0 Å². The van der Waals surface area contributed by atoms with Crippen molar-refractivity contribution < 1.29 is 0 Å². The molecule has 0 bridgehead atoms. The highest BCUT2D eigenvalue weighted by molar-refractivity contribution is 5.84. The topological polar surface area (TPSA) is 84.5 Å². The summed E-state index contributed by atoms with van der Waals surface area (Å²) >= 11 is 0. The van der Waals surface area contributed by atoms with Crippen molar-refractivity contribution >= 4 is 11.0 Å². The van der Waals surface area contributed by atoms with Crippen LogP contribution in [0.1, 0.15) is 48.2 Å². The Morgan fingerprint density at radius 2 is 1.90 bits per heavy atom. The number of aromatic amines is 1. The Bertz CT molecular complexity index is 1260. The molecule has 0 amide bonds. The predicted octanol–water partition coefficient (Wildman–Crippen LogP) is 4.03. The van der Waals surface area contributed by atoms with Gasteiger partial charge in [-0.25, -0.2) is 14.6 Å². The maximum atomic E-state index is 6.16. The molecule has 0 radical (unpaired) electrons. The van der Waals surface area contributed by atoms with Crippen molar-refractivity contribution in [1.82, 2.24) is 24.9 Å². The quantitative estimate of drug-likeness (QED) is 0.445. The molecule has 1 aliphatic heterocycles. The minimum atomic E-state index is 0.371. The van der Waals surface area contributed by atoms with Gasteiger partial charge >= 0.3 is 0 Å². The second kappa shape index (κ2) is 6.71. The molecule has 2 aromatic carbocycles. The minimum Gasteiger partial charge on any atom is -0.344 e. The van der Waals surface area contributed by atoms with Crippen LogP contribution in [0.5, 0.6) is 0 Å². The first kappa shape index (κ1) is 17.7. The second-order valence-corrected chi connectivity index (χ2v) is 8.56. The van der Waals surface area contributed by atoms with Crippen LogP contribution in [-0.2, 0) is 12.8 Å². The van der Waals surface area contributed by atoms with Gasteiger partial charge in [-0.15, -0.1) is 0 Å². The largest absolute Gasteiger partial charge is 0.344 e. The van der Waals surface area contributed by atoms with E-state index in [0.717, 1.165) is 60.6 Å². The highest BCUT2D eigenvalue weighted by Gasteiger charge is 2.24. The van der Waals surface area contributed by atoms with Gasteiger partial charge in [-0.3, -0.25) is 0 Å². The molecule has 4 N–H and O–H groups in total. The highest BCUT2D eigenvalue weighted by atomic mass is 15.3. The van der Waals surface area contributed by atoms with E-state index in [9.17, 15) is 0 Å². The number of nitrogen functional groups attached to an aromatic ring is 1. The van der Waals surface area contributed by atoms with Gasteiger partial charge < -0.3 is 16.1 Å². The van der Waals surface area contributed by atoms with E-state index in [4.69, 9.17) is 10.8 Å². The number of nitrogens with zero attached hydrogens (tertiary/aromatic N) is 3. The molecule has 0 spiro atoms. The molecule has 6 rings (SSSR count). The van der Waals surface area contributed by atoms with Gasteiger partial charge in [0.2, 0.25) is 0 Å². The summed E-state index contributed by atoms with van der Waals surface area (Å²) in [6, 6.07) is 13.5. The number of hydrogen-bond acceptors (Lipinski definition) is 4. The van der Waals surface area contributed by atoms with Gasteiger partial charge in [0.15, 0.2) is 0 Å². The molecule has 6 nitrogen and oxygen atoms in total. The summed E-state index contributed by atoms with van der Waals surface area (Å²) in [5.74, 6) is 8.09. The van der Waals surface area contributed by atoms with Crippen LogP contribution >= 0.6 is 0 Å². The molecule has 4 aromatic rings. The summed E-state index contributed by atoms with van der Waals surface area (Å²) in [6.07, 6.45) is 5.65. The van der Waals surface area contributed by atoms with Gasteiger partial charge in [-0.05, 0) is 74.4 Å². The van der Waals surface area contributed by atoms with Gasteiger partial charge in [-0.1, -0.05) is 24.3 Å². The SMILES string of the molecule is Cc1nc2ccc(-c3ccc4c(c3)CCCc3[nH]c(C5CCCN5)nc3-4)cc2n1N. The van der Waals surface area contributed by atoms with E-state index in [1.807, 2.05) is 6.92 Å². The molecule has 1 fully saturated rings. The lowest BCUT2D eigenvalue weighted by atomic mass is 9.96. The molecule has 1 saturated heterocycles. The standard InChI is InChI=1S/C24H26N6/c1-14-27-19-10-8-16(13-22(19)30(14)25)15-7-9-18-17(12-15)4-2-5-20-23(18)29-24(28-20)21-6-3-11-26-21/h7-10,12-13,21,26H,2-6,11,25H2,1H3,(H,28,29). The first-order valence-electron chi connectivity index (χ1n) is 10.9. The van der Waals surface area contributed by atoms with Gasteiger partial charge in [-0.2, -0.15) is 0 Å². The van der Waals surface area contributed by atoms with Crippen molar-refractivity contribution in [1.29, 1.82) is 0 Å². The average Bonchev–Trinajstić information content (AvgIpc) is 3.46. The zero-order chi connectivity index (χ0) is 20.2. The van der Waals surface area contributed by atoms with Crippen molar-refractivity contribution in [2.24, 2.45) is 0 Å². The summed E-state index contributed by atoms with van der Waals surface area (Å²) in [6.45, 7) is 3.01. The summed E-state index contributed by atoms with van der Waals surface area (Å²) < 4.78 is 1.66. The van der Waals surface area contributed by atoms with E-state index in [1.54, 1.807) is 4.68 Å². The number of imidazole rings is 2. The van der Waals surface area contributed by atoms with Crippen LogP contribution in [-0.4, -0.2) is 26.2 Å². The van der Waals surface area contributed by atoms with Crippen molar-refractivity contribution in [2.45, 2.75) is 45.1 Å². The summed E-state index contributed by atoms with van der Waals surface area (Å²) in [4.78, 5) is 13.2. The monoisotopic (exact) mass is 398 g/mol. The number of rotatable bonds is 2. The molecule has 1 atom stereocenters. The third kappa shape index (κ3) is 2.75. The molecular formula is C24H26N6. The Balaban J connectivity index is 1.42. The lowest BCUT2D eigenvalue weighted by Crippen LogP contribution is -2.14. The molecule has 1 aliphatic carbocycles.